The second-order valence-corrected chi connectivity index (χ2v) is 7.50. The molecule has 1 aliphatic carbocycles. The van der Waals surface area contributed by atoms with Gasteiger partial charge in [0, 0.05) is 35.2 Å². The number of nitrogens with one attached hydrogen (secondary N) is 2. The SMILES string of the molecule is Cc1ccc(C(=O)NC2CC2)cc1NC(=O)c1ccc(C)c(Oc2ccncc2)c1. The monoisotopic (exact) mass is 401 g/mol. The fourth-order valence-corrected chi connectivity index (χ4v) is 2.97. The Morgan fingerprint density at radius 1 is 0.900 bits per heavy atom. The molecule has 2 N–H and O–H groups in total. The molecule has 152 valence electrons. The van der Waals surface area contributed by atoms with Crippen LogP contribution >= 0.6 is 0 Å². The van der Waals surface area contributed by atoms with Crippen LogP contribution < -0.4 is 15.4 Å². The number of aromatic nitrogens is 1. The molecule has 0 atom stereocenters. The second-order valence-electron chi connectivity index (χ2n) is 7.50. The van der Waals surface area contributed by atoms with Crippen molar-refractivity contribution in [2.24, 2.45) is 0 Å². The van der Waals surface area contributed by atoms with Crippen LogP contribution in [0.25, 0.3) is 0 Å². The van der Waals surface area contributed by atoms with Gasteiger partial charge in [-0.1, -0.05) is 12.1 Å². The summed E-state index contributed by atoms with van der Waals surface area (Å²) in [5.41, 5.74) is 3.41. The number of rotatable bonds is 6. The zero-order valence-electron chi connectivity index (χ0n) is 16.9. The minimum Gasteiger partial charge on any atom is -0.457 e. The van der Waals surface area contributed by atoms with Crippen LogP contribution in [0, 0.1) is 13.8 Å². The van der Waals surface area contributed by atoms with Gasteiger partial charge in [-0.2, -0.15) is 0 Å². The Morgan fingerprint density at radius 2 is 1.57 bits per heavy atom. The van der Waals surface area contributed by atoms with Gasteiger partial charge in [0.25, 0.3) is 11.8 Å². The van der Waals surface area contributed by atoms with Crippen LogP contribution in [0.15, 0.2) is 60.9 Å². The van der Waals surface area contributed by atoms with E-state index in [2.05, 4.69) is 15.6 Å². The molecule has 0 radical (unpaired) electrons. The predicted octanol–water partition coefficient (Wildman–Crippen LogP) is 4.64. The van der Waals surface area contributed by atoms with Gasteiger partial charge in [-0.15, -0.1) is 0 Å². The molecule has 0 unspecified atom stereocenters. The minimum absolute atomic E-state index is 0.114. The summed E-state index contributed by atoms with van der Waals surface area (Å²) in [6.07, 6.45) is 5.35. The van der Waals surface area contributed by atoms with Gasteiger partial charge in [0.2, 0.25) is 0 Å². The summed E-state index contributed by atoms with van der Waals surface area (Å²) in [7, 11) is 0. The van der Waals surface area contributed by atoms with Gasteiger partial charge in [0.1, 0.15) is 11.5 Å². The zero-order chi connectivity index (χ0) is 21.1. The molecule has 2 amide bonds. The van der Waals surface area contributed by atoms with Crippen LogP contribution in [-0.4, -0.2) is 22.8 Å². The number of nitrogens with zero attached hydrogens (tertiary/aromatic N) is 1. The number of carbonyl (C=O) groups excluding carboxylic acids is 2. The first-order valence-corrected chi connectivity index (χ1v) is 9.91. The van der Waals surface area contributed by atoms with Gasteiger partial charge in [-0.05, 0) is 74.2 Å². The fourth-order valence-electron chi connectivity index (χ4n) is 2.97. The molecule has 2 aromatic carbocycles. The summed E-state index contributed by atoms with van der Waals surface area (Å²) in [4.78, 5) is 29.2. The molecule has 6 nitrogen and oxygen atoms in total. The van der Waals surface area contributed by atoms with Crippen LogP contribution in [0.1, 0.15) is 44.7 Å². The van der Waals surface area contributed by atoms with Crippen LogP contribution in [0.5, 0.6) is 11.5 Å². The maximum Gasteiger partial charge on any atom is 0.255 e. The molecule has 4 rings (SSSR count). The van der Waals surface area contributed by atoms with E-state index >= 15 is 0 Å². The molecule has 1 aromatic heterocycles. The molecule has 6 heteroatoms. The topological polar surface area (TPSA) is 80.3 Å². The van der Waals surface area contributed by atoms with Crippen LogP contribution in [0.3, 0.4) is 0 Å². The average molecular weight is 401 g/mol. The summed E-state index contributed by atoms with van der Waals surface area (Å²) < 4.78 is 5.89. The number of benzene rings is 2. The molecule has 0 bridgehead atoms. The lowest BCUT2D eigenvalue weighted by atomic mass is 10.1. The van der Waals surface area contributed by atoms with Crippen molar-refractivity contribution in [3.63, 3.8) is 0 Å². The number of amides is 2. The van der Waals surface area contributed by atoms with Gasteiger partial charge in [0.05, 0.1) is 0 Å². The maximum atomic E-state index is 12.9. The predicted molar refractivity (Wildman–Crippen MR) is 115 cm³/mol. The quantitative estimate of drug-likeness (QED) is 0.631. The zero-order valence-corrected chi connectivity index (χ0v) is 16.9. The van der Waals surface area contributed by atoms with Crippen molar-refractivity contribution >= 4 is 17.5 Å². The van der Waals surface area contributed by atoms with E-state index in [9.17, 15) is 9.59 Å². The van der Waals surface area contributed by atoms with E-state index in [0.29, 0.717) is 28.3 Å². The first-order chi connectivity index (χ1) is 14.5. The normalized spacial score (nSPS) is 12.9. The summed E-state index contributed by atoms with van der Waals surface area (Å²) in [5.74, 6) is 0.868. The fraction of sp³-hybridized carbons (Fsp3) is 0.208. The smallest absolute Gasteiger partial charge is 0.255 e. The molecule has 1 saturated carbocycles. The lowest BCUT2D eigenvalue weighted by Gasteiger charge is -2.13. The number of hydrogen-bond acceptors (Lipinski definition) is 4. The van der Waals surface area contributed by atoms with Gasteiger partial charge >= 0.3 is 0 Å². The van der Waals surface area contributed by atoms with Crippen LogP contribution in [0.2, 0.25) is 0 Å². The summed E-state index contributed by atoms with van der Waals surface area (Å²) >= 11 is 0. The van der Waals surface area contributed by atoms with E-state index in [1.807, 2.05) is 26.0 Å². The van der Waals surface area contributed by atoms with E-state index in [-0.39, 0.29) is 17.9 Å². The van der Waals surface area contributed by atoms with Crippen molar-refractivity contribution in [3.8, 4) is 11.5 Å². The van der Waals surface area contributed by atoms with Crippen molar-refractivity contribution in [1.82, 2.24) is 10.3 Å². The van der Waals surface area contributed by atoms with E-state index in [1.54, 1.807) is 48.8 Å². The largest absolute Gasteiger partial charge is 0.457 e. The Morgan fingerprint density at radius 3 is 2.27 bits per heavy atom. The summed E-state index contributed by atoms with van der Waals surface area (Å²) in [6, 6.07) is 14.4. The Kier molecular flexibility index (Phi) is 5.48. The second kappa shape index (κ2) is 8.37. The Balaban J connectivity index is 1.52. The number of aryl methyl sites for hydroxylation is 2. The number of anilines is 1. The molecule has 0 spiro atoms. The third-order valence-corrected chi connectivity index (χ3v) is 4.99. The molecule has 3 aromatic rings. The Hall–Kier alpha value is -3.67. The first kappa shape index (κ1) is 19.6. The third kappa shape index (κ3) is 4.66. The molecule has 1 aliphatic rings. The molecule has 1 heterocycles. The molecule has 0 saturated heterocycles. The molecule has 0 aliphatic heterocycles. The van der Waals surface area contributed by atoms with E-state index < -0.39 is 0 Å². The first-order valence-electron chi connectivity index (χ1n) is 9.91. The van der Waals surface area contributed by atoms with Crippen LogP contribution in [0.4, 0.5) is 5.69 Å². The summed E-state index contributed by atoms with van der Waals surface area (Å²) in [6.45, 7) is 3.82. The van der Waals surface area contributed by atoms with Gasteiger partial charge in [-0.25, -0.2) is 0 Å². The molecule has 30 heavy (non-hydrogen) atoms. The highest BCUT2D eigenvalue weighted by atomic mass is 16.5. The molecule has 1 fully saturated rings. The van der Waals surface area contributed by atoms with Crippen molar-refractivity contribution in [2.45, 2.75) is 32.7 Å². The van der Waals surface area contributed by atoms with E-state index in [0.717, 1.165) is 24.0 Å². The maximum absolute atomic E-state index is 12.9. The number of hydrogen-bond donors (Lipinski definition) is 2. The van der Waals surface area contributed by atoms with Crippen molar-refractivity contribution in [2.75, 3.05) is 5.32 Å². The lowest BCUT2D eigenvalue weighted by molar-refractivity contribution is 0.0949. The van der Waals surface area contributed by atoms with Gasteiger partial charge in [0.15, 0.2) is 0 Å². The Labute approximate surface area is 175 Å². The van der Waals surface area contributed by atoms with Crippen molar-refractivity contribution in [3.05, 3.63) is 83.2 Å². The number of pyridine rings is 1. The van der Waals surface area contributed by atoms with Crippen molar-refractivity contribution in [1.29, 1.82) is 0 Å². The van der Waals surface area contributed by atoms with Crippen LogP contribution in [-0.2, 0) is 0 Å². The molecular weight excluding hydrogens is 378 g/mol. The van der Waals surface area contributed by atoms with E-state index in [4.69, 9.17) is 4.74 Å². The Bertz CT molecular complexity index is 1090. The highest BCUT2D eigenvalue weighted by Gasteiger charge is 2.24. The lowest BCUT2D eigenvalue weighted by Crippen LogP contribution is -2.25. The van der Waals surface area contributed by atoms with Crippen molar-refractivity contribution < 1.29 is 14.3 Å². The standard InChI is InChI=1S/C24H23N3O3/c1-15-3-5-17(23(28)26-19-7-8-19)13-21(15)27-24(29)18-6-4-16(2)22(14-18)30-20-9-11-25-12-10-20/h3-6,9-14,19H,7-8H2,1-2H3,(H,26,28)(H,27,29). The van der Waals surface area contributed by atoms with E-state index in [1.165, 1.54) is 0 Å². The summed E-state index contributed by atoms with van der Waals surface area (Å²) in [5, 5.41) is 5.88. The van der Waals surface area contributed by atoms with Gasteiger partial charge in [-0.3, -0.25) is 14.6 Å². The third-order valence-electron chi connectivity index (χ3n) is 4.99. The number of ether oxygens (including phenoxy) is 1. The average Bonchev–Trinajstić information content (AvgIpc) is 3.56. The highest BCUT2D eigenvalue weighted by molar-refractivity contribution is 6.06. The number of carbonyl (C=O) groups is 2. The molecular formula is C24H23N3O3. The highest BCUT2D eigenvalue weighted by Crippen LogP contribution is 2.27. The minimum atomic E-state index is -0.266. The van der Waals surface area contributed by atoms with Gasteiger partial charge < -0.3 is 15.4 Å².